The molecule has 1 radical (unpaired) electrons. The quantitative estimate of drug-likeness (QED) is 0.281. The SMILES string of the molecule is [Ir].[c-]1cccc2c(-c3ccccc3)c(-c3ccccc3)n3ccnc3c12. The number of imidazole rings is 1. The Kier molecular flexibility index (Phi) is 4.42. The molecule has 2 heterocycles. The molecule has 5 aromatic rings. The Bertz CT molecular complexity index is 1180. The van der Waals surface area contributed by atoms with Gasteiger partial charge in [-0.05, 0) is 16.7 Å². The van der Waals surface area contributed by atoms with Gasteiger partial charge in [0, 0.05) is 38.2 Å². The molecule has 0 aliphatic rings. The predicted molar refractivity (Wildman–Crippen MR) is 102 cm³/mol. The van der Waals surface area contributed by atoms with Crippen molar-refractivity contribution in [3.8, 4) is 22.4 Å². The number of hydrogen-bond donors (Lipinski definition) is 0. The zero-order chi connectivity index (χ0) is 16.6. The molecule has 26 heavy (non-hydrogen) atoms. The summed E-state index contributed by atoms with van der Waals surface area (Å²) in [6, 6.07) is 30.6. The van der Waals surface area contributed by atoms with Crippen LogP contribution in [0.3, 0.4) is 0 Å². The van der Waals surface area contributed by atoms with E-state index in [1.165, 1.54) is 22.1 Å². The molecule has 3 aromatic carbocycles. The monoisotopic (exact) mass is 512 g/mol. The zero-order valence-corrected chi connectivity index (χ0v) is 16.3. The van der Waals surface area contributed by atoms with E-state index in [0.29, 0.717) is 0 Å². The molecule has 0 saturated carbocycles. The predicted octanol–water partition coefficient (Wildman–Crippen LogP) is 5.62. The van der Waals surface area contributed by atoms with Gasteiger partial charge in [0.05, 0.1) is 5.65 Å². The van der Waals surface area contributed by atoms with Crippen LogP contribution in [0.2, 0.25) is 0 Å². The Hall–Kier alpha value is -2.74. The maximum atomic E-state index is 4.60. The molecular weight excluding hydrogens is 496 g/mol. The minimum Gasteiger partial charge on any atom is -0.340 e. The van der Waals surface area contributed by atoms with E-state index >= 15 is 0 Å². The largest absolute Gasteiger partial charge is 0.340 e. The Morgan fingerprint density at radius 3 is 2.19 bits per heavy atom. The van der Waals surface area contributed by atoms with Gasteiger partial charge in [-0.1, -0.05) is 66.0 Å². The van der Waals surface area contributed by atoms with E-state index in [2.05, 4.69) is 76.1 Å². The van der Waals surface area contributed by atoms with E-state index in [-0.39, 0.29) is 20.1 Å². The molecule has 0 saturated heterocycles. The van der Waals surface area contributed by atoms with Crippen LogP contribution in [0, 0.1) is 6.07 Å². The van der Waals surface area contributed by atoms with Gasteiger partial charge >= 0.3 is 0 Å². The number of fused-ring (bicyclic) bond motifs is 3. The molecule has 0 atom stereocenters. The minimum absolute atomic E-state index is 0. The zero-order valence-electron chi connectivity index (χ0n) is 13.9. The Labute approximate surface area is 165 Å². The number of nitrogens with zero attached hydrogens (tertiary/aromatic N) is 2. The van der Waals surface area contributed by atoms with Crippen molar-refractivity contribution in [3.63, 3.8) is 0 Å². The van der Waals surface area contributed by atoms with Crippen molar-refractivity contribution >= 4 is 16.4 Å². The van der Waals surface area contributed by atoms with Crippen LogP contribution < -0.4 is 0 Å². The summed E-state index contributed by atoms with van der Waals surface area (Å²) in [4.78, 5) is 4.60. The molecule has 2 aromatic heterocycles. The number of aromatic nitrogens is 2. The van der Waals surface area contributed by atoms with E-state index in [9.17, 15) is 0 Å². The van der Waals surface area contributed by atoms with Gasteiger partial charge in [-0.3, -0.25) is 4.98 Å². The van der Waals surface area contributed by atoms with Crippen molar-refractivity contribution in [1.29, 1.82) is 0 Å². The maximum absolute atomic E-state index is 4.60. The van der Waals surface area contributed by atoms with Gasteiger partial charge in [0.2, 0.25) is 0 Å². The molecular formula is C23H15IrN2-. The normalized spacial score (nSPS) is 10.8. The molecule has 0 fully saturated rings. The van der Waals surface area contributed by atoms with Crippen LogP contribution in [-0.4, -0.2) is 9.38 Å². The Balaban J connectivity index is 0.00000168. The van der Waals surface area contributed by atoms with Crippen LogP contribution in [0.1, 0.15) is 0 Å². The van der Waals surface area contributed by atoms with Gasteiger partial charge < -0.3 is 4.40 Å². The molecule has 0 spiro atoms. The summed E-state index contributed by atoms with van der Waals surface area (Å²) in [6.07, 6.45) is 3.89. The summed E-state index contributed by atoms with van der Waals surface area (Å²) in [7, 11) is 0. The number of pyridine rings is 1. The van der Waals surface area contributed by atoms with Crippen molar-refractivity contribution in [1.82, 2.24) is 9.38 Å². The first-order chi connectivity index (χ1) is 12.4. The smallest absolute Gasteiger partial charge is 0.0608 e. The van der Waals surface area contributed by atoms with Crippen LogP contribution in [-0.2, 0) is 20.1 Å². The van der Waals surface area contributed by atoms with E-state index in [4.69, 9.17) is 0 Å². The van der Waals surface area contributed by atoms with Crippen LogP contribution in [0.5, 0.6) is 0 Å². The van der Waals surface area contributed by atoms with Gasteiger partial charge in [-0.2, -0.15) is 0 Å². The van der Waals surface area contributed by atoms with E-state index in [1.54, 1.807) is 0 Å². The Morgan fingerprint density at radius 1 is 0.769 bits per heavy atom. The summed E-state index contributed by atoms with van der Waals surface area (Å²) in [6.45, 7) is 0. The molecule has 3 heteroatoms. The first-order valence-electron chi connectivity index (χ1n) is 8.34. The average molecular weight is 512 g/mol. The van der Waals surface area contributed by atoms with Crippen molar-refractivity contribution < 1.29 is 20.1 Å². The number of benzene rings is 3. The first kappa shape index (κ1) is 16.7. The summed E-state index contributed by atoms with van der Waals surface area (Å²) >= 11 is 0. The third-order valence-corrected chi connectivity index (χ3v) is 4.58. The van der Waals surface area contributed by atoms with E-state index < -0.39 is 0 Å². The fraction of sp³-hybridized carbons (Fsp3) is 0. The second kappa shape index (κ2) is 6.87. The number of rotatable bonds is 2. The van der Waals surface area contributed by atoms with Crippen LogP contribution in [0.4, 0.5) is 0 Å². The molecule has 127 valence electrons. The fourth-order valence-electron chi connectivity index (χ4n) is 3.52. The second-order valence-corrected chi connectivity index (χ2v) is 6.04. The van der Waals surface area contributed by atoms with Crippen molar-refractivity contribution in [2.75, 3.05) is 0 Å². The first-order valence-corrected chi connectivity index (χ1v) is 8.34. The third kappa shape index (κ3) is 2.57. The standard InChI is InChI=1S/C23H15N2.Ir/c1-3-9-17(10-4-1)21-19-13-7-8-14-20(19)23-24-15-16-25(23)22(21)18-11-5-2-6-12-18;/h1-13,15-16H;/q-1;. The molecule has 0 N–H and O–H groups in total. The summed E-state index contributed by atoms with van der Waals surface area (Å²) in [5.41, 5.74) is 5.68. The van der Waals surface area contributed by atoms with Crippen molar-refractivity contribution in [2.24, 2.45) is 0 Å². The molecule has 0 aliphatic heterocycles. The Morgan fingerprint density at radius 2 is 1.46 bits per heavy atom. The summed E-state index contributed by atoms with van der Waals surface area (Å²) in [5, 5.41) is 2.22. The van der Waals surface area contributed by atoms with Gasteiger partial charge in [-0.25, -0.2) is 0 Å². The van der Waals surface area contributed by atoms with Gasteiger partial charge in [0.15, 0.2) is 0 Å². The van der Waals surface area contributed by atoms with Crippen LogP contribution in [0.15, 0.2) is 91.3 Å². The molecule has 5 rings (SSSR count). The molecule has 0 aliphatic carbocycles. The molecule has 0 bridgehead atoms. The molecule has 0 amide bonds. The van der Waals surface area contributed by atoms with Crippen LogP contribution in [0.25, 0.3) is 38.8 Å². The maximum Gasteiger partial charge on any atom is 0.0608 e. The second-order valence-electron chi connectivity index (χ2n) is 6.04. The fourth-order valence-corrected chi connectivity index (χ4v) is 3.52. The van der Waals surface area contributed by atoms with E-state index in [1.807, 2.05) is 30.6 Å². The van der Waals surface area contributed by atoms with Crippen LogP contribution >= 0.6 is 0 Å². The van der Waals surface area contributed by atoms with Gasteiger partial charge in [0.1, 0.15) is 0 Å². The average Bonchev–Trinajstić information content (AvgIpc) is 3.18. The minimum atomic E-state index is 0. The molecule has 2 nitrogen and oxygen atoms in total. The third-order valence-electron chi connectivity index (χ3n) is 4.58. The topological polar surface area (TPSA) is 17.3 Å². The summed E-state index contributed by atoms with van der Waals surface area (Å²) in [5.74, 6) is 0. The molecule has 0 unspecified atom stereocenters. The van der Waals surface area contributed by atoms with Crippen molar-refractivity contribution in [3.05, 3.63) is 97.3 Å². The van der Waals surface area contributed by atoms with Gasteiger partial charge in [0.25, 0.3) is 0 Å². The van der Waals surface area contributed by atoms with Crippen molar-refractivity contribution in [2.45, 2.75) is 0 Å². The number of hydrogen-bond acceptors (Lipinski definition) is 1. The summed E-state index contributed by atoms with van der Waals surface area (Å²) < 4.78 is 2.18. The van der Waals surface area contributed by atoms with Gasteiger partial charge in [-0.15, -0.1) is 29.7 Å². The van der Waals surface area contributed by atoms with E-state index in [0.717, 1.165) is 16.7 Å².